The smallest absolute Gasteiger partial charge is 0.212 e. The molecular weight excluding hydrogens is 254 g/mol. The molecule has 0 radical (unpaired) electrons. The van der Waals surface area contributed by atoms with E-state index in [1.165, 1.54) is 0 Å². The Hall–Kier alpha value is -1.80. The quantitative estimate of drug-likeness (QED) is 0.758. The first-order valence-corrected chi connectivity index (χ1v) is 7.04. The van der Waals surface area contributed by atoms with Crippen molar-refractivity contribution in [1.29, 1.82) is 0 Å². The number of sulfonamides is 1. The van der Waals surface area contributed by atoms with Crippen molar-refractivity contribution < 1.29 is 8.42 Å². The van der Waals surface area contributed by atoms with Crippen molar-refractivity contribution in [2.75, 3.05) is 5.75 Å². The minimum absolute atomic E-state index is 0.0366. The molecule has 2 N–H and O–H groups in total. The molecule has 18 heavy (non-hydrogen) atoms. The number of H-pyrrole nitrogens is 1. The Labute approximate surface area is 105 Å². The predicted molar refractivity (Wildman–Crippen MR) is 65.0 cm³/mol. The molecule has 0 aliphatic rings. The van der Waals surface area contributed by atoms with Gasteiger partial charge in [-0.3, -0.25) is 0 Å². The van der Waals surface area contributed by atoms with Crippen LogP contribution in [0.25, 0.3) is 0 Å². The van der Waals surface area contributed by atoms with Gasteiger partial charge in [-0.05, 0) is 12.0 Å². The summed E-state index contributed by atoms with van der Waals surface area (Å²) in [5.74, 6) is 0.354. The fourth-order valence-electron chi connectivity index (χ4n) is 1.40. The minimum Gasteiger partial charge on any atom is -0.212 e. The van der Waals surface area contributed by atoms with Gasteiger partial charge in [-0.15, -0.1) is 10.2 Å². The second-order valence-electron chi connectivity index (χ2n) is 3.70. The maximum Gasteiger partial charge on any atom is 0.212 e. The minimum atomic E-state index is -3.33. The standard InChI is InChI=1S/C10H13N5O2S/c16-18(17,11-8-10-12-14-15-13-10)7-6-9-4-2-1-3-5-9/h1-5,11H,6-8H2,(H,12,13,14,15). The van der Waals surface area contributed by atoms with Gasteiger partial charge in [0.2, 0.25) is 10.0 Å². The molecule has 0 saturated carbocycles. The molecule has 2 aromatic rings. The Morgan fingerprint density at radius 1 is 1.22 bits per heavy atom. The Balaban J connectivity index is 1.84. The van der Waals surface area contributed by atoms with E-state index in [1.54, 1.807) is 0 Å². The molecule has 1 aromatic carbocycles. The van der Waals surface area contributed by atoms with E-state index in [1.807, 2.05) is 30.3 Å². The third-order valence-electron chi connectivity index (χ3n) is 2.34. The molecule has 96 valence electrons. The topological polar surface area (TPSA) is 101 Å². The zero-order chi connectivity index (χ0) is 12.8. The number of rotatable bonds is 6. The van der Waals surface area contributed by atoms with Gasteiger partial charge in [-0.1, -0.05) is 35.5 Å². The molecular formula is C10H13N5O2S. The third kappa shape index (κ3) is 3.90. The Bertz CT molecular complexity index is 568. The lowest BCUT2D eigenvalue weighted by molar-refractivity contribution is 0.578. The van der Waals surface area contributed by atoms with Crippen molar-refractivity contribution in [3.63, 3.8) is 0 Å². The van der Waals surface area contributed by atoms with Gasteiger partial charge in [0.1, 0.15) is 0 Å². The number of nitrogens with zero attached hydrogens (tertiary/aromatic N) is 3. The summed E-state index contributed by atoms with van der Waals surface area (Å²) >= 11 is 0. The average molecular weight is 267 g/mol. The van der Waals surface area contributed by atoms with Gasteiger partial charge < -0.3 is 0 Å². The fourth-order valence-corrected chi connectivity index (χ4v) is 2.40. The molecule has 0 saturated heterocycles. The van der Waals surface area contributed by atoms with Crippen molar-refractivity contribution in [2.45, 2.75) is 13.0 Å². The van der Waals surface area contributed by atoms with Gasteiger partial charge in [0.25, 0.3) is 0 Å². The van der Waals surface area contributed by atoms with E-state index in [9.17, 15) is 8.42 Å². The molecule has 0 amide bonds. The number of tetrazole rings is 1. The van der Waals surface area contributed by atoms with Crippen LogP contribution < -0.4 is 4.72 Å². The zero-order valence-corrected chi connectivity index (χ0v) is 10.4. The van der Waals surface area contributed by atoms with Crippen molar-refractivity contribution in [3.05, 3.63) is 41.7 Å². The fraction of sp³-hybridized carbons (Fsp3) is 0.300. The van der Waals surface area contributed by atoms with E-state index < -0.39 is 10.0 Å². The lowest BCUT2D eigenvalue weighted by atomic mass is 10.2. The van der Waals surface area contributed by atoms with E-state index in [4.69, 9.17) is 0 Å². The van der Waals surface area contributed by atoms with E-state index in [-0.39, 0.29) is 12.3 Å². The van der Waals surface area contributed by atoms with Crippen molar-refractivity contribution in [3.8, 4) is 0 Å². The second kappa shape index (κ2) is 5.69. The summed E-state index contributed by atoms with van der Waals surface area (Å²) in [6, 6.07) is 9.46. The molecule has 0 atom stereocenters. The summed E-state index contributed by atoms with van der Waals surface area (Å²) in [6.07, 6.45) is 0.475. The van der Waals surface area contributed by atoms with Crippen LogP contribution in [-0.2, 0) is 23.0 Å². The molecule has 0 fully saturated rings. The Kier molecular flexibility index (Phi) is 4.00. The molecule has 1 heterocycles. The van der Waals surface area contributed by atoms with Crippen LogP contribution in [0.5, 0.6) is 0 Å². The monoisotopic (exact) mass is 267 g/mol. The van der Waals surface area contributed by atoms with Crippen LogP contribution in [0.4, 0.5) is 0 Å². The maximum atomic E-state index is 11.7. The Morgan fingerprint density at radius 3 is 2.67 bits per heavy atom. The first-order valence-electron chi connectivity index (χ1n) is 5.39. The molecule has 8 heteroatoms. The molecule has 0 aliphatic carbocycles. The van der Waals surface area contributed by atoms with Gasteiger partial charge in [0.05, 0.1) is 12.3 Å². The highest BCUT2D eigenvalue weighted by atomic mass is 32.2. The summed E-state index contributed by atoms with van der Waals surface area (Å²) < 4.78 is 25.8. The highest BCUT2D eigenvalue weighted by Crippen LogP contribution is 2.01. The summed E-state index contributed by atoms with van der Waals surface area (Å²) in [7, 11) is -3.33. The molecule has 0 aliphatic heterocycles. The third-order valence-corrected chi connectivity index (χ3v) is 3.67. The van der Waals surface area contributed by atoms with Gasteiger partial charge in [-0.25, -0.2) is 13.1 Å². The number of aromatic amines is 1. The second-order valence-corrected chi connectivity index (χ2v) is 5.63. The van der Waals surface area contributed by atoms with Crippen LogP contribution in [0.2, 0.25) is 0 Å². The van der Waals surface area contributed by atoms with Crippen LogP contribution >= 0.6 is 0 Å². The van der Waals surface area contributed by atoms with Crippen LogP contribution in [0.15, 0.2) is 30.3 Å². The number of benzene rings is 1. The lowest BCUT2D eigenvalue weighted by Gasteiger charge is -2.04. The van der Waals surface area contributed by atoms with E-state index in [0.717, 1.165) is 5.56 Å². The van der Waals surface area contributed by atoms with Gasteiger partial charge in [0, 0.05) is 0 Å². The van der Waals surface area contributed by atoms with Crippen LogP contribution in [0.1, 0.15) is 11.4 Å². The van der Waals surface area contributed by atoms with Crippen LogP contribution in [0.3, 0.4) is 0 Å². The summed E-state index contributed by atoms with van der Waals surface area (Å²) in [5.41, 5.74) is 0.988. The Morgan fingerprint density at radius 2 is 2.00 bits per heavy atom. The predicted octanol–water partition coefficient (Wildman–Crippen LogP) is -0.138. The summed E-state index contributed by atoms with van der Waals surface area (Å²) in [6.45, 7) is 0.0492. The molecule has 0 unspecified atom stereocenters. The van der Waals surface area contributed by atoms with Crippen LogP contribution in [0, 0.1) is 0 Å². The largest absolute Gasteiger partial charge is 0.212 e. The molecule has 0 spiro atoms. The molecule has 2 rings (SSSR count). The highest BCUT2D eigenvalue weighted by Gasteiger charge is 2.11. The number of aromatic nitrogens is 4. The molecule has 0 bridgehead atoms. The van der Waals surface area contributed by atoms with E-state index >= 15 is 0 Å². The molecule has 7 nitrogen and oxygen atoms in total. The van der Waals surface area contributed by atoms with Crippen molar-refractivity contribution >= 4 is 10.0 Å². The van der Waals surface area contributed by atoms with Gasteiger partial charge in [0.15, 0.2) is 5.82 Å². The normalized spacial score (nSPS) is 11.6. The number of nitrogens with one attached hydrogen (secondary N) is 2. The van der Waals surface area contributed by atoms with E-state index in [0.29, 0.717) is 12.2 Å². The lowest BCUT2D eigenvalue weighted by Crippen LogP contribution is -2.27. The van der Waals surface area contributed by atoms with Crippen molar-refractivity contribution in [2.24, 2.45) is 0 Å². The van der Waals surface area contributed by atoms with Crippen LogP contribution in [-0.4, -0.2) is 34.8 Å². The van der Waals surface area contributed by atoms with E-state index in [2.05, 4.69) is 25.3 Å². The summed E-state index contributed by atoms with van der Waals surface area (Å²) in [5, 5.41) is 12.9. The maximum absolute atomic E-state index is 11.7. The number of aryl methyl sites for hydroxylation is 1. The zero-order valence-electron chi connectivity index (χ0n) is 9.57. The number of hydrogen-bond donors (Lipinski definition) is 2. The highest BCUT2D eigenvalue weighted by molar-refractivity contribution is 7.89. The first-order chi connectivity index (χ1) is 8.66. The molecule has 1 aromatic heterocycles. The summed E-state index contributed by atoms with van der Waals surface area (Å²) in [4.78, 5) is 0. The van der Waals surface area contributed by atoms with Crippen molar-refractivity contribution in [1.82, 2.24) is 25.3 Å². The number of hydrogen-bond acceptors (Lipinski definition) is 5. The van der Waals surface area contributed by atoms with Gasteiger partial charge >= 0.3 is 0 Å². The first kappa shape index (κ1) is 12.7. The SMILES string of the molecule is O=S(=O)(CCc1ccccc1)NCc1nn[nH]n1. The average Bonchev–Trinajstić information content (AvgIpc) is 2.89. The van der Waals surface area contributed by atoms with Gasteiger partial charge in [-0.2, -0.15) is 5.21 Å².